The SMILES string of the molecule is O=C(C1CC(c2ccc(CO)c(OC3CCCC3)c2)=NO1)N1CCC(O)CC1. The van der Waals surface area contributed by atoms with Gasteiger partial charge in [-0.15, -0.1) is 0 Å². The summed E-state index contributed by atoms with van der Waals surface area (Å²) in [6.45, 7) is 1.03. The number of likely N-dealkylation sites (tertiary alicyclic amines) is 1. The van der Waals surface area contributed by atoms with Crippen LogP contribution >= 0.6 is 0 Å². The molecule has 1 aliphatic carbocycles. The summed E-state index contributed by atoms with van der Waals surface area (Å²) in [5.41, 5.74) is 2.33. The van der Waals surface area contributed by atoms with E-state index in [0.29, 0.717) is 38.1 Å². The van der Waals surface area contributed by atoms with Gasteiger partial charge in [0, 0.05) is 30.6 Å². The number of carbonyl (C=O) groups excluding carboxylic acids is 1. The maximum Gasteiger partial charge on any atom is 0.266 e. The summed E-state index contributed by atoms with van der Waals surface area (Å²) in [6.07, 6.45) is 5.34. The molecule has 2 N–H and O–H groups in total. The zero-order chi connectivity index (χ0) is 19.5. The van der Waals surface area contributed by atoms with Gasteiger partial charge in [0.05, 0.1) is 24.5 Å². The van der Waals surface area contributed by atoms with Crippen LogP contribution in [0.1, 0.15) is 56.1 Å². The lowest BCUT2D eigenvalue weighted by atomic mass is 10.0. The Balaban J connectivity index is 1.42. The number of ether oxygens (including phenoxy) is 1. The van der Waals surface area contributed by atoms with Gasteiger partial charge in [-0.25, -0.2) is 0 Å². The monoisotopic (exact) mass is 388 g/mol. The highest BCUT2D eigenvalue weighted by atomic mass is 16.6. The van der Waals surface area contributed by atoms with Crippen LogP contribution in [0.25, 0.3) is 0 Å². The molecule has 2 heterocycles. The Morgan fingerprint density at radius 1 is 1.21 bits per heavy atom. The number of piperidine rings is 1. The van der Waals surface area contributed by atoms with E-state index in [1.165, 1.54) is 12.8 Å². The number of aliphatic hydroxyl groups excluding tert-OH is 2. The van der Waals surface area contributed by atoms with Crippen LogP contribution in [-0.4, -0.2) is 58.1 Å². The van der Waals surface area contributed by atoms with Gasteiger partial charge in [0.2, 0.25) is 6.10 Å². The number of carbonyl (C=O) groups is 1. The van der Waals surface area contributed by atoms with Gasteiger partial charge >= 0.3 is 0 Å². The summed E-state index contributed by atoms with van der Waals surface area (Å²) in [6, 6.07) is 5.64. The molecule has 0 aromatic heterocycles. The van der Waals surface area contributed by atoms with Crippen LogP contribution in [0.15, 0.2) is 23.4 Å². The number of amides is 1. The maximum absolute atomic E-state index is 12.7. The van der Waals surface area contributed by atoms with Gasteiger partial charge in [0.1, 0.15) is 5.75 Å². The highest BCUT2D eigenvalue weighted by Crippen LogP contribution is 2.29. The second-order valence-electron chi connectivity index (χ2n) is 7.90. The minimum Gasteiger partial charge on any atom is -0.490 e. The van der Waals surface area contributed by atoms with E-state index < -0.39 is 6.10 Å². The van der Waals surface area contributed by atoms with Gasteiger partial charge in [-0.2, -0.15) is 0 Å². The molecule has 2 fully saturated rings. The van der Waals surface area contributed by atoms with E-state index in [4.69, 9.17) is 9.57 Å². The molecule has 152 valence electrons. The largest absolute Gasteiger partial charge is 0.490 e. The Morgan fingerprint density at radius 3 is 2.68 bits per heavy atom. The van der Waals surface area contributed by atoms with E-state index in [1.54, 1.807) is 4.90 Å². The van der Waals surface area contributed by atoms with Crippen molar-refractivity contribution in [3.8, 4) is 5.75 Å². The van der Waals surface area contributed by atoms with Gasteiger partial charge in [-0.05, 0) is 44.6 Å². The maximum atomic E-state index is 12.7. The fraction of sp³-hybridized carbons (Fsp3) is 0.619. The lowest BCUT2D eigenvalue weighted by Crippen LogP contribution is -2.45. The lowest BCUT2D eigenvalue weighted by molar-refractivity contribution is -0.144. The van der Waals surface area contributed by atoms with Crippen molar-refractivity contribution in [2.75, 3.05) is 13.1 Å². The van der Waals surface area contributed by atoms with Crippen molar-refractivity contribution in [1.29, 1.82) is 0 Å². The van der Waals surface area contributed by atoms with Crippen molar-refractivity contribution in [3.05, 3.63) is 29.3 Å². The molecule has 3 aliphatic rings. The van der Waals surface area contributed by atoms with Crippen molar-refractivity contribution in [2.24, 2.45) is 5.16 Å². The minimum absolute atomic E-state index is 0.0694. The normalized spacial score (nSPS) is 23.6. The number of oxime groups is 1. The standard InChI is InChI=1S/C21H28N2O5/c24-13-15-6-5-14(11-19(15)27-17-3-1-2-4-17)18-12-20(28-22-18)21(26)23-9-7-16(25)8-10-23/h5-6,11,16-17,20,24-25H,1-4,7-10,12-13H2. The summed E-state index contributed by atoms with van der Waals surface area (Å²) in [7, 11) is 0. The molecule has 28 heavy (non-hydrogen) atoms. The molecule has 1 saturated carbocycles. The van der Waals surface area contributed by atoms with Gasteiger partial charge < -0.3 is 24.7 Å². The molecule has 0 spiro atoms. The average Bonchev–Trinajstić information content (AvgIpc) is 3.40. The van der Waals surface area contributed by atoms with Crippen LogP contribution in [0.3, 0.4) is 0 Å². The zero-order valence-corrected chi connectivity index (χ0v) is 16.0. The van der Waals surface area contributed by atoms with Crippen molar-refractivity contribution in [1.82, 2.24) is 4.90 Å². The Hall–Kier alpha value is -2.12. The van der Waals surface area contributed by atoms with E-state index in [0.717, 1.165) is 29.7 Å². The average molecular weight is 388 g/mol. The quantitative estimate of drug-likeness (QED) is 0.805. The topological polar surface area (TPSA) is 91.6 Å². The van der Waals surface area contributed by atoms with Crippen LogP contribution in [0.5, 0.6) is 5.75 Å². The fourth-order valence-electron chi connectivity index (χ4n) is 4.13. The smallest absolute Gasteiger partial charge is 0.266 e. The van der Waals surface area contributed by atoms with E-state index >= 15 is 0 Å². The van der Waals surface area contributed by atoms with Gasteiger partial charge in [-0.1, -0.05) is 17.3 Å². The van der Waals surface area contributed by atoms with Gasteiger partial charge in [0.15, 0.2) is 0 Å². The predicted octanol–water partition coefficient (Wildman–Crippen LogP) is 1.98. The van der Waals surface area contributed by atoms with Crippen LogP contribution in [-0.2, 0) is 16.2 Å². The van der Waals surface area contributed by atoms with Crippen molar-refractivity contribution >= 4 is 11.6 Å². The first kappa shape index (κ1) is 19.2. The van der Waals surface area contributed by atoms with E-state index in [2.05, 4.69) is 5.16 Å². The second kappa shape index (κ2) is 8.49. The molecular weight excluding hydrogens is 360 g/mol. The fourth-order valence-corrected chi connectivity index (χ4v) is 4.13. The summed E-state index contributed by atoms with van der Waals surface area (Å²) in [4.78, 5) is 19.9. The second-order valence-corrected chi connectivity index (χ2v) is 7.90. The first-order valence-electron chi connectivity index (χ1n) is 10.2. The third-order valence-corrected chi connectivity index (χ3v) is 5.89. The van der Waals surface area contributed by atoms with Crippen LogP contribution in [0.4, 0.5) is 0 Å². The summed E-state index contributed by atoms with van der Waals surface area (Å²) in [5.74, 6) is 0.620. The molecule has 1 amide bonds. The minimum atomic E-state index is -0.609. The summed E-state index contributed by atoms with van der Waals surface area (Å²) >= 11 is 0. The van der Waals surface area contributed by atoms with Crippen LogP contribution in [0.2, 0.25) is 0 Å². The highest BCUT2D eigenvalue weighted by molar-refractivity contribution is 6.04. The number of benzene rings is 1. The number of rotatable bonds is 5. The molecular formula is C21H28N2O5. The zero-order valence-electron chi connectivity index (χ0n) is 16.0. The van der Waals surface area contributed by atoms with Crippen LogP contribution in [0, 0.1) is 0 Å². The molecule has 1 aromatic rings. The number of nitrogens with zero attached hydrogens (tertiary/aromatic N) is 2. The van der Waals surface area contributed by atoms with E-state index in [9.17, 15) is 15.0 Å². The van der Waals surface area contributed by atoms with Gasteiger partial charge in [-0.3, -0.25) is 4.79 Å². The highest BCUT2D eigenvalue weighted by Gasteiger charge is 2.34. The van der Waals surface area contributed by atoms with Crippen molar-refractivity contribution in [2.45, 2.75) is 69.9 Å². The number of hydrogen-bond donors (Lipinski definition) is 2. The number of hydrogen-bond acceptors (Lipinski definition) is 6. The third-order valence-electron chi connectivity index (χ3n) is 5.89. The molecule has 0 bridgehead atoms. The lowest BCUT2D eigenvalue weighted by Gasteiger charge is -2.30. The molecule has 0 radical (unpaired) electrons. The molecule has 4 rings (SSSR count). The molecule has 7 nitrogen and oxygen atoms in total. The Bertz CT molecular complexity index is 736. The first-order valence-corrected chi connectivity index (χ1v) is 10.2. The van der Waals surface area contributed by atoms with E-state index in [1.807, 2.05) is 18.2 Å². The predicted molar refractivity (Wildman–Crippen MR) is 103 cm³/mol. The summed E-state index contributed by atoms with van der Waals surface area (Å²) in [5, 5.41) is 23.4. The van der Waals surface area contributed by atoms with Gasteiger partial charge in [0.25, 0.3) is 5.91 Å². The molecule has 7 heteroatoms. The Labute approximate surface area is 164 Å². The Morgan fingerprint density at radius 2 is 1.96 bits per heavy atom. The third kappa shape index (κ3) is 4.15. The molecule has 1 saturated heterocycles. The van der Waals surface area contributed by atoms with Crippen molar-refractivity contribution in [3.63, 3.8) is 0 Å². The van der Waals surface area contributed by atoms with Crippen molar-refractivity contribution < 1.29 is 24.6 Å². The molecule has 1 unspecified atom stereocenters. The van der Waals surface area contributed by atoms with Crippen LogP contribution < -0.4 is 4.74 Å². The summed E-state index contributed by atoms with van der Waals surface area (Å²) < 4.78 is 6.12. The molecule has 2 aliphatic heterocycles. The Kier molecular flexibility index (Phi) is 5.82. The first-order chi connectivity index (χ1) is 13.6. The molecule has 1 atom stereocenters. The van der Waals surface area contributed by atoms with E-state index in [-0.39, 0.29) is 24.7 Å². The number of aliphatic hydroxyl groups is 2. The molecule has 1 aromatic carbocycles.